The predicted molar refractivity (Wildman–Crippen MR) is 86.8 cm³/mol. The first-order valence-electron chi connectivity index (χ1n) is 7.58. The van der Waals surface area contributed by atoms with Crippen LogP contribution in [0.15, 0.2) is 27.6 Å². The lowest BCUT2D eigenvalue weighted by Crippen LogP contribution is -2.41. The van der Waals surface area contributed by atoms with E-state index in [1.807, 2.05) is 6.07 Å². The molecule has 0 fully saturated rings. The van der Waals surface area contributed by atoms with Crippen LogP contribution in [0.2, 0.25) is 0 Å². The van der Waals surface area contributed by atoms with Crippen molar-refractivity contribution in [3.05, 3.63) is 35.2 Å². The molecule has 1 aliphatic rings. The third-order valence-corrected chi connectivity index (χ3v) is 5.79. The van der Waals surface area contributed by atoms with Crippen molar-refractivity contribution < 1.29 is 22.4 Å². The highest BCUT2D eigenvalue weighted by Gasteiger charge is 2.32. The van der Waals surface area contributed by atoms with Crippen molar-refractivity contribution in [1.29, 1.82) is 0 Å². The van der Waals surface area contributed by atoms with Gasteiger partial charge < -0.3 is 14.0 Å². The lowest BCUT2D eigenvalue weighted by atomic mass is 9.95. The molecule has 0 saturated heterocycles. The van der Waals surface area contributed by atoms with Crippen LogP contribution >= 0.6 is 0 Å². The molecule has 0 spiro atoms. The highest BCUT2D eigenvalue weighted by Crippen LogP contribution is 2.35. The number of sulfonamides is 1. The molecule has 130 valence electrons. The smallest absolute Gasteiger partial charge is 0.246 e. The minimum atomic E-state index is -3.78. The van der Waals surface area contributed by atoms with Crippen LogP contribution in [0.5, 0.6) is 11.5 Å². The third-order valence-electron chi connectivity index (χ3n) is 3.89. The molecule has 24 heavy (non-hydrogen) atoms. The second-order valence-electron chi connectivity index (χ2n) is 6.24. The number of nitrogens with one attached hydrogen (secondary N) is 1. The Balaban J connectivity index is 1.94. The van der Waals surface area contributed by atoms with Gasteiger partial charge in [0.15, 0.2) is 17.3 Å². The Morgan fingerprint density at radius 2 is 1.79 bits per heavy atom. The van der Waals surface area contributed by atoms with E-state index in [1.165, 1.54) is 0 Å². The number of hydrogen-bond acceptors (Lipinski definition) is 6. The van der Waals surface area contributed by atoms with Crippen molar-refractivity contribution in [3.63, 3.8) is 0 Å². The van der Waals surface area contributed by atoms with E-state index in [2.05, 4.69) is 9.88 Å². The van der Waals surface area contributed by atoms with E-state index in [0.29, 0.717) is 30.4 Å². The van der Waals surface area contributed by atoms with E-state index in [4.69, 9.17) is 14.0 Å². The Morgan fingerprint density at radius 1 is 1.12 bits per heavy atom. The van der Waals surface area contributed by atoms with Gasteiger partial charge in [0.2, 0.25) is 10.0 Å². The van der Waals surface area contributed by atoms with Crippen LogP contribution in [0.25, 0.3) is 0 Å². The Morgan fingerprint density at radius 3 is 2.42 bits per heavy atom. The predicted octanol–water partition coefficient (Wildman–Crippen LogP) is 2.28. The molecule has 0 unspecified atom stereocenters. The average Bonchev–Trinajstić information content (AvgIpc) is 2.85. The number of rotatable bonds is 4. The Labute approximate surface area is 141 Å². The van der Waals surface area contributed by atoms with Gasteiger partial charge in [-0.1, -0.05) is 11.2 Å². The summed E-state index contributed by atoms with van der Waals surface area (Å²) in [5.41, 5.74) is 0.241. The summed E-state index contributed by atoms with van der Waals surface area (Å²) in [5, 5.41) is 3.71. The van der Waals surface area contributed by atoms with Crippen LogP contribution in [0, 0.1) is 13.8 Å². The summed E-state index contributed by atoms with van der Waals surface area (Å²) in [6.45, 7) is 7.73. The summed E-state index contributed by atoms with van der Waals surface area (Å²) >= 11 is 0. The standard InChI is InChI=1S/C16H20N2O5S/c1-10-15(11(2)23-17-10)24(19,20)18-16(3,4)12-5-6-13-14(9-12)22-8-7-21-13/h5-6,9,18H,7-8H2,1-4H3. The second-order valence-corrected chi connectivity index (χ2v) is 7.86. The first-order chi connectivity index (χ1) is 11.2. The van der Waals surface area contributed by atoms with Gasteiger partial charge in [-0.05, 0) is 45.4 Å². The lowest BCUT2D eigenvalue weighted by Gasteiger charge is -2.28. The van der Waals surface area contributed by atoms with Crippen molar-refractivity contribution >= 4 is 10.0 Å². The van der Waals surface area contributed by atoms with E-state index in [-0.39, 0.29) is 10.7 Å². The number of fused-ring (bicyclic) bond motifs is 1. The van der Waals surface area contributed by atoms with Crippen LogP contribution in [-0.2, 0) is 15.6 Å². The molecule has 3 rings (SSSR count). The summed E-state index contributed by atoms with van der Waals surface area (Å²) in [5.74, 6) is 1.54. The summed E-state index contributed by atoms with van der Waals surface area (Å²) < 4.78 is 44.2. The van der Waals surface area contributed by atoms with Crippen LogP contribution in [0.3, 0.4) is 0 Å². The molecule has 2 aromatic rings. The molecule has 1 aliphatic heterocycles. The zero-order valence-electron chi connectivity index (χ0n) is 14.0. The molecule has 0 radical (unpaired) electrons. The fourth-order valence-corrected chi connectivity index (χ4v) is 4.47. The molecule has 0 atom stereocenters. The number of hydrogen-bond donors (Lipinski definition) is 1. The maximum Gasteiger partial charge on any atom is 0.246 e. The number of aryl methyl sites for hydroxylation is 2. The molecular formula is C16H20N2O5S. The molecule has 8 heteroatoms. The van der Waals surface area contributed by atoms with Gasteiger partial charge in [-0.3, -0.25) is 0 Å². The number of nitrogens with zero attached hydrogens (tertiary/aromatic N) is 1. The summed E-state index contributed by atoms with van der Waals surface area (Å²) in [4.78, 5) is 0.0770. The molecule has 1 aromatic carbocycles. The largest absolute Gasteiger partial charge is 0.486 e. The van der Waals surface area contributed by atoms with E-state index < -0.39 is 15.6 Å². The second kappa shape index (κ2) is 5.78. The lowest BCUT2D eigenvalue weighted by molar-refractivity contribution is 0.171. The fraction of sp³-hybridized carbons (Fsp3) is 0.438. The van der Waals surface area contributed by atoms with Gasteiger partial charge in [0, 0.05) is 0 Å². The molecule has 1 N–H and O–H groups in total. The van der Waals surface area contributed by atoms with Crippen molar-refractivity contribution in [2.45, 2.75) is 38.1 Å². The Kier molecular flexibility index (Phi) is 4.05. The minimum Gasteiger partial charge on any atom is -0.486 e. The zero-order valence-corrected chi connectivity index (χ0v) is 14.9. The maximum absolute atomic E-state index is 12.7. The highest BCUT2D eigenvalue weighted by molar-refractivity contribution is 7.89. The minimum absolute atomic E-state index is 0.0770. The number of aromatic nitrogens is 1. The van der Waals surface area contributed by atoms with Crippen LogP contribution < -0.4 is 14.2 Å². The third kappa shape index (κ3) is 2.99. The first-order valence-corrected chi connectivity index (χ1v) is 9.06. The van der Waals surface area contributed by atoms with Gasteiger partial charge >= 0.3 is 0 Å². The van der Waals surface area contributed by atoms with E-state index in [0.717, 1.165) is 5.56 Å². The molecule has 0 saturated carbocycles. The van der Waals surface area contributed by atoms with Gasteiger partial charge in [-0.25, -0.2) is 13.1 Å². The summed E-state index contributed by atoms with van der Waals surface area (Å²) in [6.07, 6.45) is 0. The topological polar surface area (TPSA) is 90.7 Å². The summed E-state index contributed by atoms with van der Waals surface area (Å²) in [7, 11) is -3.78. The van der Waals surface area contributed by atoms with Gasteiger partial charge in [-0.2, -0.15) is 0 Å². The molecule has 0 amide bonds. The van der Waals surface area contributed by atoms with Gasteiger partial charge in [0.05, 0.1) is 5.54 Å². The van der Waals surface area contributed by atoms with Crippen molar-refractivity contribution in [2.24, 2.45) is 0 Å². The number of benzene rings is 1. The van der Waals surface area contributed by atoms with Gasteiger partial charge in [0.1, 0.15) is 23.8 Å². The molecule has 2 heterocycles. The van der Waals surface area contributed by atoms with Gasteiger partial charge in [0.25, 0.3) is 0 Å². The van der Waals surface area contributed by atoms with Crippen molar-refractivity contribution in [1.82, 2.24) is 9.88 Å². The fourth-order valence-electron chi connectivity index (χ4n) is 2.74. The van der Waals surface area contributed by atoms with E-state index in [9.17, 15) is 8.42 Å². The SMILES string of the molecule is Cc1noc(C)c1S(=O)(=O)NC(C)(C)c1ccc2c(c1)OCCO2. The summed E-state index contributed by atoms with van der Waals surface area (Å²) in [6, 6.07) is 5.41. The monoisotopic (exact) mass is 352 g/mol. The first kappa shape index (κ1) is 16.8. The molecule has 7 nitrogen and oxygen atoms in total. The van der Waals surface area contributed by atoms with Crippen LogP contribution in [-0.4, -0.2) is 26.8 Å². The Bertz CT molecular complexity index is 851. The van der Waals surface area contributed by atoms with E-state index in [1.54, 1.807) is 39.8 Å². The quantitative estimate of drug-likeness (QED) is 0.908. The molecule has 0 aliphatic carbocycles. The maximum atomic E-state index is 12.7. The molecule has 1 aromatic heterocycles. The molecular weight excluding hydrogens is 332 g/mol. The molecule has 0 bridgehead atoms. The number of ether oxygens (including phenoxy) is 2. The van der Waals surface area contributed by atoms with Crippen LogP contribution in [0.1, 0.15) is 30.9 Å². The average molecular weight is 352 g/mol. The zero-order chi connectivity index (χ0) is 17.5. The van der Waals surface area contributed by atoms with Gasteiger partial charge in [-0.15, -0.1) is 0 Å². The normalized spacial score (nSPS) is 14.7. The van der Waals surface area contributed by atoms with Crippen molar-refractivity contribution in [3.8, 4) is 11.5 Å². The highest BCUT2D eigenvalue weighted by atomic mass is 32.2. The van der Waals surface area contributed by atoms with E-state index >= 15 is 0 Å². The van der Waals surface area contributed by atoms with Crippen LogP contribution in [0.4, 0.5) is 0 Å². The van der Waals surface area contributed by atoms with Crippen molar-refractivity contribution in [2.75, 3.05) is 13.2 Å². The Hall–Kier alpha value is -2.06.